The average molecular weight is 180 g/mol. The first kappa shape index (κ1) is 8.79. The number of fused-ring (bicyclic) bond motifs is 1. The van der Waals surface area contributed by atoms with Crippen molar-refractivity contribution in [2.45, 2.75) is 45.1 Å². The third kappa shape index (κ3) is 0.917. The largest absolute Gasteiger partial charge is 0.455 e. The van der Waals surface area contributed by atoms with Gasteiger partial charge in [-0.05, 0) is 26.2 Å². The predicted octanol–water partition coefficient (Wildman–Crippen LogP) is 2.44. The van der Waals surface area contributed by atoms with E-state index in [4.69, 9.17) is 4.74 Å². The molecule has 1 saturated carbocycles. The number of carbonyl (C=O) groups excluding carboxylic acids is 1. The molecule has 0 N–H and O–H groups in total. The molecule has 0 radical (unpaired) electrons. The predicted molar refractivity (Wildman–Crippen MR) is 50.2 cm³/mol. The van der Waals surface area contributed by atoms with Gasteiger partial charge in [-0.15, -0.1) is 0 Å². The van der Waals surface area contributed by atoms with E-state index in [1.807, 2.05) is 6.92 Å². The fourth-order valence-corrected chi connectivity index (χ4v) is 2.61. The van der Waals surface area contributed by atoms with Gasteiger partial charge >= 0.3 is 5.97 Å². The third-order valence-electron chi connectivity index (χ3n) is 3.98. The minimum atomic E-state index is -0.278. The summed E-state index contributed by atoms with van der Waals surface area (Å²) in [6, 6.07) is 0. The van der Waals surface area contributed by atoms with Crippen LogP contribution in [0.25, 0.3) is 0 Å². The van der Waals surface area contributed by atoms with Gasteiger partial charge < -0.3 is 4.74 Å². The van der Waals surface area contributed by atoms with Gasteiger partial charge in [0.15, 0.2) is 0 Å². The molecule has 13 heavy (non-hydrogen) atoms. The van der Waals surface area contributed by atoms with Crippen LogP contribution in [-0.4, -0.2) is 11.6 Å². The highest BCUT2D eigenvalue weighted by atomic mass is 16.6. The summed E-state index contributed by atoms with van der Waals surface area (Å²) in [5.41, 5.74) is 0.288. The Bertz CT molecular complexity index is 282. The van der Waals surface area contributed by atoms with Crippen LogP contribution >= 0.6 is 0 Å². The molecule has 0 bridgehead atoms. The second-order valence-electron chi connectivity index (χ2n) is 4.64. The highest BCUT2D eigenvalue weighted by Gasteiger charge is 2.58. The Morgan fingerprint density at radius 3 is 2.54 bits per heavy atom. The highest BCUT2D eigenvalue weighted by Crippen LogP contribution is 2.55. The van der Waals surface area contributed by atoms with Crippen LogP contribution in [0.4, 0.5) is 0 Å². The molecule has 1 saturated heterocycles. The molecule has 1 aliphatic heterocycles. The van der Waals surface area contributed by atoms with E-state index in [2.05, 4.69) is 13.5 Å². The third-order valence-corrected chi connectivity index (χ3v) is 3.98. The van der Waals surface area contributed by atoms with Crippen molar-refractivity contribution < 1.29 is 9.53 Å². The zero-order valence-corrected chi connectivity index (χ0v) is 8.35. The summed E-state index contributed by atoms with van der Waals surface area (Å²) in [7, 11) is 0. The van der Waals surface area contributed by atoms with E-state index in [1.165, 1.54) is 6.42 Å². The van der Waals surface area contributed by atoms with Crippen LogP contribution in [0.5, 0.6) is 0 Å². The van der Waals surface area contributed by atoms with Gasteiger partial charge in [-0.1, -0.05) is 19.9 Å². The lowest BCUT2D eigenvalue weighted by molar-refractivity contribution is -0.151. The number of hydrogen-bond donors (Lipinski definition) is 0. The quantitative estimate of drug-likeness (QED) is 0.423. The first-order valence-corrected chi connectivity index (χ1v) is 4.92. The Hall–Kier alpha value is -0.790. The van der Waals surface area contributed by atoms with Crippen LogP contribution < -0.4 is 0 Å². The first-order valence-electron chi connectivity index (χ1n) is 4.92. The van der Waals surface area contributed by atoms with E-state index in [9.17, 15) is 4.79 Å². The van der Waals surface area contributed by atoms with Crippen LogP contribution in [-0.2, 0) is 9.53 Å². The van der Waals surface area contributed by atoms with Gasteiger partial charge in [0.25, 0.3) is 0 Å². The van der Waals surface area contributed by atoms with Crippen LogP contribution in [0.15, 0.2) is 12.2 Å². The Morgan fingerprint density at radius 1 is 1.31 bits per heavy atom. The van der Waals surface area contributed by atoms with Gasteiger partial charge in [0.1, 0.15) is 5.60 Å². The summed E-state index contributed by atoms with van der Waals surface area (Å²) in [6.45, 7) is 8.02. The average Bonchev–Trinajstić information content (AvgIpc) is 2.25. The molecule has 0 unspecified atom stereocenters. The molecule has 0 amide bonds. The summed E-state index contributed by atoms with van der Waals surface area (Å²) >= 11 is 0. The molecule has 0 aromatic heterocycles. The fraction of sp³-hybridized carbons (Fsp3) is 0.727. The molecule has 2 heteroatoms. The van der Waals surface area contributed by atoms with Crippen molar-refractivity contribution in [2.24, 2.45) is 5.41 Å². The first-order chi connectivity index (χ1) is 6.00. The maximum atomic E-state index is 11.4. The summed E-state index contributed by atoms with van der Waals surface area (Å²) in [6.07, 6.45) is 4.36. The van der Waals surface area contributed by atoms with Crippen molar-refractivity contribution in [3.8, 4) is 0 Å². The Morgan fingerprint density at radius 2 is 1.92 bits per heavy atom. The second-order valence-corrected chi connectivity index (χ2v) is 4.64. The fourth-order valence-electron chi connectivity index (χ4n) is 2.61. The summed E-state index contributed by atoms with van der Waals surface area (Å²) in [5, 5.41) is 0. The molecule has 0 spiro atoms. The van der Waals surface area contributed by atoms with Crippen LogP contribution in [0.3, 0.4) is 0 Å². The van der Waals surface area contributed by atoms with E-state index in [0.29, 0.717) is 5.57 Å². The number of esters is 1. The summed E-state index contributed by atoms with van der Waals surface area (Å²) in [4.78, 5) is 11.4. The van der Waals surface area contributed by atoms with Crippen LogP contribution in [0, 0.1) is 5.41 Å². The highest BCUT2D eigenvalue weighted by molar-refractivity contribution is 5.92. The van der Waals surface area contributed by atoms with E-state index in [-0.39, 0.29) is 17.0 Å². The lowest BCUT2D eigenvalue weighted by Crippen LogP contribution is -2.43. The Balaban J connectivity index is 2.44. The van der Waals surface area contributed by atoms with E-state index in [0.717, 1.165) is 19.3 Å². The number of carbonyl (C=O) groups is 1. The van der Waals surface area contributed by atoms with Gasteiger partial charge in [-0.3, -0.25) is 0 Å². The zero-order chi connectivity index (χ0) is 9.69. The monoisotopic (exact) mass is 180 g/mol. The molecule has 2 nitrogen and oxygen atoms in total. The second kappa shape index (κ2) is 2.37. The molecule has 2 rings (SSSR count). The van der Waals surface area contributed by atoms with Gasteiger partial charge in [-0.25, -0.2) is 4.79 Å². The van der Waals surface area contributed by atoms with Crippen molar-refractivity contribution in [3.05, 3.63) is 12.2 Å². The molecule has 1 heterocycles. The minimum Gasteiger partial charge on any atom is -0.455 e. The number of ether oxygens (including phenoxy) is 1. The molecule has 2 aliphatic rings. The molecular weight excluding hydrogens is 164 g/mol. The van der Waals surface area contributed by atoms with Crippen molar-refractivity contribution in [3.63, 3.8) is 0 Å². The van der Waals surface area contributed by atoms with Crippen molar-refractivity contribution >= 4 is 5.97 Å². The standard InChI is InChI=1S/C11H16O2/c1-8-9(12)13-11(3)7-5-4-6-10(8,11)2/h1,4-7H2,2-3H3/t10-,11-/m1/s1. The maximum absolute atomic E-state index is 11.4. The van der Waals surface area contributed by atoms with Crippen molar-refractivity contribution in [2.75, 3.05) is 0 Å². The molecule has 0 aromatic rings. The Kier molecular flexibility index (Phi) is 1.60. The molecule has 72 valence electrons. The lowest BCUT2D eigenvalue weighted by Gasteiger charge is -2.42. The minimum absolute atomic E-state index is 0.109. The van der Waals surface area contributed by atoms with E-state index < -0.39 is 0 Å². The topological polar surface area (TPSA) is 26.3 Å². The SMILES string of the molecule is C=C1C(=O)O[C@]2(C)CCCC[C@]12C. The molecule has 2 fully saturated rings. The molecule has 0 aromatic carbocycles. The summed E-state index contributed by atoms with van der Waals surface area (Å²) in [5.74, 6) is -0.188. The van der Waals surface area contributed by atoms with Gasteiger partial charge in [0.05, 0.1) is 0 Å². The summed E-state index contributed by atoms with van der Waals surface area (Å²) < 4.78 is 5.43. The van der Waals surface area contributed by atoms with Crippen LogP contribution in [0.1, 0.15) is 39.5 Å². The van der Waals surface area contributed by atoms with Crippen molar-refractivity contribution in [1.82, 2.24) is 0 Å². The molecule has 1 aliphatic carbocycles. The zero-order valence-electron chi connectivity index (χ0n) is 8.35. The van der Waals surface area contributed by atoms with E-state index >= 15 is 0 Å². The van der Waals surface area contributed by atoms with Gasteiger partial charge in [0.2, 0.25) is 0 Å². The van der Waals surface area contributed by atoms with Crippen LogP contribution in [0.2, 0.25) is 0 Å². The maximum Gasteiger partial charge on any atom is 0.334 e. The molecular formula is C11H16O2. The number of hydrogen-bond acceptors (Lipinski definition) is 2. The number of rotatable bonds is 0. The van der Waals surface area contributed by atoms with Gasteiger partial charge in [0, 0.05) is 11.0 Å². The Labute approximate surface area is 79.0 Å². The van der Waals surface area contributed by atoms with E-state index in [1.54, 1.807) is 0 Å². The normalized spacial score (nSPS) is 44.5. The van der Waals surface area contributed by atoms with Gasteiger partial charge in [-0.2, -0.15) is 0 Å². The smallest absolute Gasteiger partial charge is 0.334 e. The molecule has 2 atom stereocenters. The van der Waals surface area contributed by atoms with Crippen molar-refractivity contribution in [1.29, 1.82) is 0 Å². The lowest BCUT2D eigenvalue weighted by atomic mass is 9.63.